The van der Waals surface area contributed by atoms with Crippen LogP contribution in [0.15, 0.2) is 48.5 Å². The van der Waals surface area contributed by atoms with Crippen molar-refractivity contribution in [3.8, 4) is 0 Å². The van der Waals surface area contributed by atoms with Gasteiger partial charge < -0.3 is 15.6 Å². The second-order valence-electron chi connectivity index (χ2n) is 6.46. The number of carbonyl (C=O) groups is 1. The highest BCUT2D eigenvalue weighted by atomic mass is 35.5. The van der Waals surface area contributed by atoms with E-state index in [0.717, 1.165) is 16.9 Å². The van der Waals surface area contributed by atoms with Gasteiger partial charge in [-0.25, -0.2) is 9.37 Å². The predicted molar refractivity (Wildman–Crippen MR) is 114 cm³/mol. The number of nitrogens with two attached hydrogens (primary N) is 1. The topological polar surface area (TPSA) is 72.9 Å². The molecule has 0 saturated carbocycles. The summed E-state index contributed by atoms with van der Waals surface area (Å²) in [5.74, 6) is -0.0668. The molecule has 2 unspecified atom stereocenters. The maximum atomic E-state index is 13.8. The zero-order valence-electron chi connectivity index (χ0n) is 15.8. The van der Waals surface area contributed by atoms with Crippen molar-refractivity contribution in [2.24, 2.45) is 18.7 Å². The van der Waals surface area contributed by atoms with Crippen LogP contribution in [0.3, 0.4) is 0 Å². The Balaban J connectivity index is 0.00000196. The Morgan fingerprint density at radius 1 is 1.18 bits per heavy atom. The molecule has 0 fully saturated rings. The molecule has 2 aromatic carbocycles. The van der Waals surface area contributed by atoms with Crippen LogP contribution in [-0.4, -0.2) is 22.0 Å². The molecule has 1 heterocycles. The summed E-state index contributed by atoms with van der Waals surface area (Å²) in [6, 6.07) is 14.1. The van der Waals surface area contributed by atoms with E-state index in [4.69, 9.17) is 5.73 Å². The number of amides is 1. The van der Waals surface area contributed by atoms with Crippen molar-refractivity contribution >= 4 is 41.8 Å². The standard InChI is InChI=1S/C20H23FN4O.2ClH/c1-13(18(22)14-7-4-3-5-8-14)20(26)23-12-11-17-24-19-15(21)9-6-10-16(19)25(17)2;;/h3-10,13,18H,11-12,22H2,1-2H3,(H,23,26);2*1H. The van der Waals surface area contributed by atoms with E-state index in [2.05, 4.69) is 10.3 Å². The van der Waals surface area contributed by atoms with Gasteiger partial charge >= 0.3 is 0 Å². The van der Waals surface area contributed by atoms with Gasteiger partial charge in [0.2, 0.25) is 5.91 Å². The summed E-state index contributed by atoms with van der Waals surface area (Å²) >= 11 is 0. The molecular formula is C20H25Cl2FN4O. The van der Waals surface area contributed by atoms with Gasteiger partial charge in [-0.15, -0.1) is 24.8 Å². The van der Waals surface area contributed by atoms with Crippen LogP contribution in [0.5, 0.6) is 0 Å². The molecule has 0 aliphatic heterocycles. The van der Waals surface area contributed by atoms with Crippen molar-refractivity contribution in [3.05, 3.63) is 65.7 Å². The van der Waals surface area contributed by atoms with Gasteiger partial charge in [0.05, 0.1) is 11.4 Å². The molecule has 8 heteroatoms. The summed E-state index contributed by atoms with van der Waals surface area (Å²) in [4.78, 5) is 16.7. The van der Waals surface area contributed by atoms with Crippen LogP contribution in [0.4, 0.5) is 4.39 Å². The van der Waals surface area contributed by atoms with E-state index >= 15 is 0 Å². The molecule has 3 aromatic rings. The molecule has 3 rings (SSSR count). The van der Waals surface area contributed by atoms with E-state index in [1.807, 2.05) is 54.9 Å². The van der Waals surface area contributed by atoms with Crippen LogP contribution in [0, 0.1) is 11.7 Å². The first-order chi connectivity index (χ1) is 12.5. The third-order valence-corrected chi connectivity index (χ3v) is 4.74. The highest BCUT2D eigenvalue weighted by Crippen LogP contribution is 2.20. The third kappa shape index (κ3) is 5.01. The van der Waals surface area contributed by atoms with Crippen LogP contribution in [-0.2, 0) is 18.3 Å². The first-order valence-corrected chi connectivity index (χ1v) is 8.67. The quantitative estimate of drug-likeness (QED) is 0.632. The number of halogens is 3. The van der Waals surface area contributed by atoms with Crippen LogP contribution < -0.4 is 11.1 Å². The molecule has 1 aromatic heterocycles. The van der Waals surface area contributed by atoms with Crippen LogP contribution in [0.2, 0.25) is 0 Å². The Hall–Kier alpha value is -2.15. The molecule has 152 valence electrons. The van der Waals surface area contributed by atoms with E-state index in [1.54, 1.807) is 6.07 Å². The fourth-order valence-electron chi connectivity index (χ4n) is 3.04. The van der Waals surface area contributed by atoms with Crippen LogP contribution in [0.25, 0.3) is 11.0 Å². The van der Waals surface area contributed by atoms with Crippen LogP contribution >= 0.6 is 24.8 Å². The molecule has 1 amide bonds. The number of nitrogens with one attached hydrogen (secondary N) is 1. The number of para-hydroxylation sites is 1. The number of aromatic nitrogens is 2. The second-order valence-corrected chi connectivity index (χ2v) is 6.46. The Morgan fingerprint density at radius 3 is 2.50 bits per heavy atom. The van der Waals surface area contributed by atoms with E-state index in [-0.39, 0.29) is 48.5 Å². The zero-order valence-corrected chi connectivity index (χ0v) is 17.4. The molecular weight excluding hydrogens is 402 g/mol. The van der Waals surface area contributed by atoms with Crippen molar-refractivity contribution in [2.75, 3.05) is 6.54 Å². The summed E-state index contributed by atoms with van der Waals surface area (Å²) < 4.78 is 15.7. The lowest BCUT2D eigenvalue weighted by Gasteiger charge is -2.19. The number of imidazole rings is 1. The average molecular weight is 427 g/mol. The maximum absolute atomic E-state index is 13.8. The first-order valence-electron chi connectivity index (χ1n) is 8.67. The number of benzene rings is 2. The van der Waals surface area contributed by atoms with Gasteiger partial charge in [-0.1, -0.05) is 43.3 Å². The Labute approximate surface area is 176 Å². The smallest absolute Gasteiger partial charge is 0.224 e. The first kappa shape index (κ1) is 23.9. The highest BCUT2D eigenvalue weighted by molar-refractivity contribution is 5.85. The monoisotopic (exact) mass is 426 g/mol. The van der Waals surface area contributed by atoms with E-state index in [0.29, 0.717) is 18.5 Å². The normalized spacial score (nSPS) is 12.6. The van der Waals surface area contributed by atoms with Gasteiger partial charge in [0.15, 0.2) is 5.82 Å². The number of aryl methyl sites for hydroxylation is 1. The number of rotatable bonds is 6. The minimum Gasteiger partial charge on any atom is -0.355 e. The van der Waals surface area contributed by atoms with Gasteiger partial charge in [0, 0.05) is 26.1 Å². The van der Waals surface area contributed by atoms with Crippen molar-refractivity contribution in [1.29, 1.82) is 0 Å². The van der Waals surface area contributed by atoms with Crippen molar-refractivity contribution in [1.82, 2.24) is 14.9 Å². The summed E-state index contributed by atoms with van der Waals surface area (Å²) in [5, 5.41) is 2.90. The summed E-state index contributed by atoms with van der Waals surface area (Å²) in [6.07, 6.45) is 0.518. The van der Waals surface area contributed by atoms with Gasteiger partial charge in [0.25, 0.3) is 0 Å². The van der Waals surface area contributed by atoms with Crippen molar-refractivity contribution < 1.29 is 9.18 Å². The Morgan fingerprint density at radius 2 is 1.86 bits per heavy atom. The lowest BCUT2D eigenvalue weighted by molar-refractivity contribution is -0.125. The summed E-state index contributed by atoms with van der Waals surface area (Å²) in [6.45, 7) is 2.24. The summed E-state index contributed by atoms with van der Waals surface area (Å²) in [5.41, 5.74) is 8.23. The van der Waals surface area contributed by atoms with Gasteiger partial charge in [-0.05, 0) is 17.7 Å². The maximum Gasteiger partial charge on any atom is 0.224 e. The lowest BCUT2D eigenvalue weighted by Crippen LogP contribution is -2.36. The number of fused-ring (bicyclic) bond motifs is 1. The largest absolute Gasteiger partial charge is 0.355 e. The summed E-state index contributed by atoms with van der Waals surface area (Å²) in [7, 11) is 1.85. The minimum absolute atomic E-state index is 0. The molecule has 0 aliphatic carbocycles. The number of hydrogen-bond acceptors (Lipinski definition) is 3. The van der Waals surface area contributed by atoms with Crippen molar-refractivity contribution in [2.45, 2.75) is 19.4 Å². The Bertz CT molecular complexity index is 917. The molecule has 2 atom stereocenters. The second kappa shape index (κ2) is 10.4. The average Bonchev–Trinajstić information content (AvgIpc) is 2.99. The Kier molecular flexibility index (Phi) is 8.88. The fourth-order valence-corrected chi connectivity index (χ4v) is 3.04. The molecule has 0 saturated heterocycles. The van der Waals surface area contributed by atoms with Gasteiger partial charge in [0.1, 0.15) is 11.3 Å². The molecule has 28 heavy (non-hydrogen) atoms. The van der Waals surface area contributed by atoms with E-state index < -0.39 is 0 Å². The van der Waals surface area contributed by atoms with Gasteiger partial charge in [-0.3, -0.25) is 4.79 Å². The molecule has 0 radical (unpaired) electrons. The van der Waals surface area contributed by atoms with Crippen LogP contribution in [0.1, 0.15) is 24.4 Å². The SMILES string of the molecule is CC(C(=O)NCCc1nc2c(F)cccc2n1C)C(N)c1ccccc1.Cl.Cl. The number of hydrogen-bond donors (Lipinski definition) is 2. The van der Waals surface area contributed by atoms with Gasteiger partial charge in [-0.2, -0.15) is 0 Å². The lowest BCUT2D eigenvalue weighted by atomic mass is 9.95. The number of nitrogens with zero attached hydrogens (tertiary/aromatic N) is 2. The van der Waals surface area contributed by atoms with E-state index in [1.165, 1.54) is 6.07 Å². The molecule has 3 N–H and O–H groups in total. The predicted octanol–water partition coefficient (Wildman–Crippen LogP) is 3.55. The fraction of sp³-hybridized carbons (Fsp3) is 0.300. The molecule has 5 nitrogen and oxygen atoms in total. The minimum atomic E-state index is -0.360. The zero-order chi connectivity index (χ0) is 18.7. The molecule has 0 bridgehead atoms. The molecule has 0 aliphatic rings. The molecule has 0 spiro atoms. The highest BCUT2D eigenvalue weighted by Gasteiger charge is 2.22. The van der Waals surface area contributed by atoms with Crippen molar-refractivity contribution in [3.63, 3.8) is 0 Å². The van der Waals surface area contributed by atoms with E-state index in [9.17, 15) is 9.18 Å². The number of carbonyl (C=O) groups excluding carboxylic acids is 1. The third-order valence-electron chi connectivity index (χ3n) is 4.74.